The molecule has 0 radical (unpaired) electrons. The van der Waals surface area contributed by atoms with Crippen molar-refractivity contribution >= 4 is 0 Å². The number of nitrogens with zero attached hydrogens (tertiary/aromatic N) is 1. The Morgan fingerprint density at radius 2 is 1.53 bits per heavy atom. The van der Waals surface area contributed by atoms with Gasteiger partial charge in [0, 0.05) is 11.6 Å². The molecule has 0 saturated heterocycles. The lowest BCUT2D eigenvalue weighted by Crippen LogP contribution is -3.00. The Balaban J connectivity index is 0.00000324. The molecule has 1 aliphatic heterocycles. The number of rotatable bonds is 10. The van der Waals surface area contributed by atoms with E-state index < -0.39 is 0 Å². The van der Waals surface area contributed by atoms with Crippen LogP contribution in [-0.2, 0) is 0 Å². The molecule has 112 valence electrons. The van der Waals surface area contributed by atoms with Crippen LogP contribution in [0, 0.1) is 0 Å². The molecule has 0 spiro atoms. The van der Waals surface area contributed by atoms with E-state index in [0.717, 1.165) is 4.48 Å². The molecular formula is C17H32ClN. The second kappa shape index (κ2) is 10.5. The number of allylic oxidation sites excluding steroid dienone is 2. The highest BCUT2D eigenvalue weighted by molar-refractivity contribution is 5.19. The second-order valence-electron chi connectivity index (χ2n) is 5.96. The van der Waals surface area contributed by atoms with Gasteiger partial charge in [0.25, 0.3) is 0 Å². The van der Waals surface area contributed by atoms with E-state index in [4.69, 9.17) is 0 Å². The van der Waals surface area contributed by atoms with Gasteiger partial charge in [0.15, 0.2) is 0 Å². The quantitative estimate of drug-likeness (QED) is 0.427. The standard InChI is InChI=1S/C17H32N.ClH/c1-4-6-8-9-10-11-14-18(3)15-13-17(16-18)12-7-5-2;/h13,15-16H,4-12,14H2,1-3H3;1H/q+1;/p-1. The SMILES string of the molecule is CCCCCCCC[N+]1(C)C=CC(CCCC)=C1.[Cl-]. The molecule has 0 saturated carbocycles. The number of quaternary nitrogens is 1. The van der Waals surface area contributed by atoms with Gasteiger partial charge in [-0.1, -0.05) is 46.0 Å². The summed E-state index contributed by atoms with van der Waals surface area (Å²) in [5, 5.41) is 0. The van der Waals surface area contributed by atoms with Crippen LogP contribution in [0.25, 0.3) is 0 Å². The molecule has 19 heavy (non-hydrogen) atoms. The summed E-state index contributed by atoms with van der Waals surface area (Å²) in [6, 6.07) is 0. The zero-order chi connectivity index (χ0) is 13.3. The van der Waals surface area contributed by atoms with Gasteiger partial charge in [0.1, 0.15) is 12.4 Å². The summed E-state index contributed by atoms with van der Waals surface area (Å²) in [4.78, 5) is 0. The molecule has 1 rings (SSSR count). The van der Waals surface area contributed by atoms with Gasteiger partial charge in [0.2, 0.25) is 0 Å². The third-order valence-electron chi connectivity index (χ3n) is 3.90. The summed E-state index contributed by atoms with van der Waals surface area (Å²) in [5.41, 5.74) is 1.55. The lowest BCUT2D eigenvalue weighted by molar-refractivity contribution is -0.804. The monoisotopic (exact) mass is 285 g/mol. The lowest BCUT2D eigenvalue weighted by Gasteiger charge is -2.23. The Hall–Kier alpha value is -0.270. The highest BCUT2D eigenvalue weighted by atomic mass is 35.5. The molecule has 0 aromatic rings. The van der Waals surface area contributed by atoms with Gasteiger partial charge in [-0.25, -0.2) is 0 Å². The predicted octanol–water partition coefficient (Wildman–Crippen LogP) is 2.40. The van der Waals surface area contributed by atoms with E-state index in [1.807, 2.05) is 0 Å². The van der Waals surface area contributed by atoms with Crippen LogP contribution in [0.2, 0.25) is 0 Å². The third kappa shape index (κ3) is 7.79. The maximum absolute atomic E-state index is 2.46. The van der Waals surface area contributed by atoms with Crippen LogP contribution in [0.4, 0.5) is 0 Å². The fourth-order valence-electron chi connectivity index (χ4n) is 2.63. The second-order valence-corrected chi connectivity index (χ2v) is 5.96. The topological polar surface area (TPSA) is 0 Å². The van der Waals surface area contributed by atoms with Crippen molar-refractivity contribution in [2.24, 2.45) is 0 Å². The van der Waals surface area contributed by atoms with Gasteiger partial charge in [0.05, 0.1) is 13.6 Å². The van der Waals surface area contributed by atoms with Gasteiger partial charge in [-0.2, -0.15) is 0 Å². The first-order valence-corrected chi connectivity index (χ1v) is 7.96. The van der Waals surface area contributed by atoms with Crippen LogP contribution >= 0.6 is 0 Å². The highest BCUT2D eigenvalue weighted by Crippen LogP contribution is 2.23. The Morgan fingerprint density at radius 3 is 2.21 bits per heavy atom. The minimum absolute atomic E-state index is 0. The molecule has 1 unspecified atom stereocenters. The van der Waals surface area contributed by atoms with Gasteiger partial charge >= 0.3 is 0 Å². The Kier molecular flexibility index (Phi) is 10.4. The Labute approximate surface area is 126 Å². The molecule has 0 aromatic heterocycles. The number of halogens is 1. The molecule has 0 aliphatic carbocycles. The minimum Gasteiger partial charge on any atom is -1.00 e. The average molecular weight is 286 g/mol. The maximum Gasteiger partial charge on any atom is 0.104 e. The van der Waals surface area contributed by atoms with Crippen LogP contribution in [0.5, 0.6) is 0 Å². The van der Waals surface area contributed by atoms with Crippen LogP contribution in [0.3, 0.4) is 0 Å². The summed E-state index contributed by atoms with van der Waals surface area (Å²) in [6.07, 6.45) is 19.4. The Morgan fingerprint density at radius 1 is 0.895 bits per heavy atom. The van der Waals surface area contributed by atoms with E-state index in [1.165, 1.54) is 64.3 Å². The van der Waals surface area contributed by atoms with Crippen molar-refractivity contribution in [1.82, 2.24) is 0 Å². The van der Waals surface area contributed by atoms with Gasteiger partial charge in [-0.05, 0) is 25.7 Å². The van der Waals surface area contributed by atoms with Crippen LogP contribution in [-0.4, -0.2) is 18.1 Å². The Bertz CT molecular complexity index is 283. The van der Waals surface area contributed by atoms with Crippen LogP contribution in [0.15, 0.2) is 24.0 Å². The summed E-state index contributed by atoms with van der Waals surface area (Å²) in [7, 11) is 2.33. The largest absolute Gasteiger partial charge is 1.00 e. The zero-order valence-electron chi connectivity index (χ0n) is 13.1. The number of hydrogen-bond acceptors (Lipinski definition) is 0. The van der Waals surface area contributed by atoms with E-state index in [2.05, 4.69) is 39.4 Å². The summed E-state index contributed by atoms with van der Waals surface area (Å²) < 4.78 is 1.03. The predicted molar refractivity (Wildman–Crippen MR) is 81.2 cm³/mol. The first kappa shape index (κ1) is 18.7. The lowest BCUT2D eigenvalue weighted by atomic mass is 10.1. The fourth-order valence-corrected chi connectivity index (χ4v) is 2.63. The first-order chi connectivity index (χ1) is 8.70. The van der Waals surface area contributed by atoms with Crippen molar-refractivity contribution in [3.8, 4) is 0 Å². The van der Waals surface area contributed by atoms with Gasteiger partial charge in [-0.15, -0.1) is 0 Å². The van der Waals surface area contributed by atoms with E-state index in [-0.39, 0.29) is 12.4 Å². The van der Waals surface area contributed by atoms with E-state index >= 15 is 0 Å². The van der Waals surface area contributed by atoms with Crippen LogP contribution < -0.4 is 12.4 Å². The van der Waals surface area contributed by atoms with Gasteiger partial charge < -0.3 is 12.4 Å². The molecule has 1 atom stereocenters. The smallest absolute Gasteiger partial charge is 0.104 e. The van der Waals surface area contributed by atoms with Crippen LogP contribution in [0.1, 0.15) is 71.6 Å². The maximum atomic E-state index is 2.46. The first-order valence-electron chi connectivity index (χ1n) is 7.96. The zero-order valence-corrected chi connectivity index (χ0v) is 13.9. The molecular weight excluding hydrogens is 254 g/mol. The molecule has 0 amide bonds. The van der Waals surface area contributed by atoms with Gasteiger partial charge in [-0.3, -0.25) is 4.48 Å². The molecule has 0 N–H and O–H groups in total. The molecule has 2 heteroatoms. The van der Waals surface area contributed by atoms with E-state index in [1.54, 1.807) is 5.57 Å². The number of unbranched alkanes of at least 4 members (excludes halogenated alkanes) is 6. The van der Waals surface area contributed by atoms with E-state index in [9.17, 15) is 0 Å². The van der Waals surface area contributed by atoms with Crippen molar-refractivity contribution < 1.29 is 16.9 Å². The molecule has 0 aromatic carbocycles. The minimum atomic E-state index is 0. The summed E-state index contributed by atoms with van der Waals surface area (Å²) >= 11 is 0. The highest BCUT2D eigenvalue weighted by Gasteiger charge is 2.21. The van der Waals surface area contributed by atoms with Crippen molar-refractivity contribution in [3.63, 3.8) is 0 Å². The van der Waals surface area contributed by atoms with Crippen molar-refractivity contribution in [2.75, 3.05) is 13.6 Å². The molecule has 1 nitrogen and oxygen atoms in total. The average Bonchev–Trinajstić information content (AvgIpc) is 2.73. The number of hydrogen-bond donors (Lipinski definition) is 0. The molecule has 1 heterocycles. The fraction of sp³-hybridized carbons (Fsp3) is 0.765. The van der Waals surface area contributed by atoms with Crippen molar-refractivity contribution in [1.29, 1.82) is 0 Å². The summed E-state index contributed by atoms with van der Waals surface area (Å²) in [6.45, 7) is 5.83. The normalized spacial score (nSPS) is 21.3. The molecule has 0 fully saturated rings. The van der Waals surface area contributed by atoms with E-state index in [0.29, 0.717) is 0 Å². The molecule has 0 bridgehead atoms. The third-order valence-corrected chi connectivity index (χ3v) is 3.90. The molecule has 1 aliphatic rings. The van der Waals surface area contributed by atoms with Crippen molar-refractivity contribution in [2.45, 2.75) is 71.6 Å². The van der Waals surface area contributed by atoms with Crippen molar-refractivity contribution in [3.05, 3.63) is 24.0 Å². The summed E-state index contributed by atoms with van der Waals surface area (Å²) in [5.74, 6) is 0.